The van der Waals surface area contributed by atoms with E-state index in [1.165, 1.54) is 0 Å². The molecule has 1 amide bonds. The summed E-state index contributed by atoms with van der Waals surface area (Å²) in [4.78, 5) is 26.7. The maximum Gasteiger partial charge on any atom is 0.303 e. The number of rotatable bonds is 9. The third kappa shape index (κ3) is 5.70. The van der Waals surface area contributed by atoms with Crippen molar-refractivity contribution in [2.24, 2.45) is 0 Å². The lowest BCUT2D eigenvalue weighted by Crippen LogP contribution is -2.24. The van der Waals surface area contributed by atoms with Gasteiger partial charge in [-0.25, -0.2) is 0 Å². The Hall–Kier alpha value is -2.43. The number of amides is 1. The molecule has 23 heavy (non-hydrogen) atoms. The molecule has 0 aliphatic rings. The zero-order valence-corrected chi connectivity index (χ0v) is 13.1. The number of nitrogens with zero attached hydrogens (tertiary/aromatic N) is 1. The number of carbonyl (C=O) groups excluding carboxylic acids is 1. The Balaban J connectivity index is 1.67. The van der Waals surface area contributed by atoms with Crippen molar-refractivity contribution in [1.29, 1.82) is 0 Å². The predicted octanol–water partition coefficient (Wildman–Crippen LogP) is 3.39. The highest BCUT2D eigenvalue weighted by atomic mass is 16.4. The van der Waals surface area contributed by atoms with Gasteiger partial charge in [0.05, 0.1) is 5.52 Å². The molecule has 0 saturated heterocycles. The first-order chi connectivity index (χ1) is 11.2. The molecule has 0 aliphatic carbocycles. The fourth-order valence-electron chi connectivity index (χ4n) is 2.45. The highest BCUT2D eigenvalue weighted by Gasteiger charge is 2.05. The lowest BCUT2D eigenvalue weighted by atomic mass is 10.1. The van der Waals surface area contributed by atoms with Gasteiger partial charge in [-0.15, -0.1) is 0 Å². The molecule has 1 heterocycles. The Kier molecular flexibility index (Phi) is 6.54. The first kappa shape index (κ1) is 16.9. The molecule has 0 spiro atoms. The molecule has 5 heteroatoms. The second kappa shape index (κ2) is 8.88. The van der Waals surface area contributed by atoms with E-state index in [0.29, 0.717) is 12.1 Å². The summed E-state index contributed by atoms with van der Waals surface area (Å²) in [7, 11) is 0. The van der Waals surface area contributed by atoms with E-state index in [0.717, 1.165) is 43.0 Å². The second-order valence-electron chi connectivity index (χ2n) is 5.58. The summed E-state index contributed by atoms with van der Waals surface area (Å²) in [6.45, 7) is 0.642. The SMILES string of the molecule is O=C(O)CCCCCCCNC(=O)c1ccc2ncccc2c1. The molecule has 0 bridgehead atoms. The molecule has 122 valence electrons. The van der Waals surface area contributed by atoms with Crippen molar-refractivity contribution in [2.45, 2.75) is 38.5 Å². The number of aliphatic carboxylic acids is 1. The molecular formula is C18H22N2O3. The number of carboxylic acid groups (broad SMARTS) is 1. The molecular weight excluding hydrogens is 292 g/mol. The minimum Gasteiger partial charge on any atom is -0.481 e. The quantitative estimate of drug-likeness (QED) is 0.695. The number of fused-ring (bicyclic) bond motifs is 1. The van der Waals surface area contributed by atoms with Gasteiger partial charge in [-0.1, -0.05) is 25.3 Å². The third-order valence-corrected chi connectivity index (χ3v) is 3.72. The maximum absolute atomic E-state index is 12.1. The lowest BCUT2D eigenvalue weighted by molar-refractivity contribution is -0.137. The van der Waals surface area contributed by atoms with Crippen LogP contribution in [0, 0.1) is 0 Å². The smallest absolute Gasteiger partial charge is 0.303 e. The van der Waals surface area contributed by atoms with Gasteiger partial charge < -0.3 is 10.4 Å². The minimum absolute atomic E-state index is 0.0679. The third-order valence-electron chi connectivity index (χ3n) is 3.72. The second-order valence-corrected chi connectivity index (χ2v) is 5.58. The molecule has 0 fully saturated rings. The number of nitrogens with one attached hydrogen (secondary N) is 1. The van der Waals surface area contributed by atoms with Crippen molar-refractivity contribution in [3.8, 4) is 0 Å². The molecule has 2 rings (SSSR count). The van der Waals surface area contributed by atoms with Crippen LogP contribution < -0.4 is 5.32 Å². The van der Waals surface area contributed by atoms with Crippen LogP contribution in [0.15, 0.2) is 36.5 Å². The standard InChI is InChI=1S/C18H22N2O3/c21-17(22)8-4-2-1-3-5-11-20-18(23)15-9-10-16-14(13-15)7-6-12-19-16/h6-7,9-10,12-13H,1-5,8,11H2,(H,20,23)(H,21,22). The van der Waals surface area contributed by atoms with Crippen LogP contribution in [0.5, 0.6) is 0 Å². The molecule has 2 N–H and O–H groups in total. The van der Waals surface area contributed by atoms with Crippen molar-refractivity contribution in [3.63, 3.8) is 0 Å². The summed E-state index contributed by atoms with van der Waals surface area (Å²) in [5.74, 6) is -0.801. The molecule has 0 unspecified atom stereocenters. The number of carboxylic acids is 1. The molecule has 0 aliphatic heterocycles. The Morgan fingerprint density at radius 1 is 1.04 bits per heavy atom. The molecule has 2 aromatic rings. The van der Waals surface area contributed by atoms with Gasteiger partial charge in [0.25, 0.3) is 5.91 Å². The number of carbonyl (C=O) groups is 2. The highest BCUT2D eigenvalue weighted by Crippen LogP contribution is 2.13. The molecule has 0 radical (unpaired) electrons. The van der Waals surface area contributed by atoms with Crippen LogP contribution in [-0.4, -0.2) is 28.5 Å². The van der Waals surface area contributed by atoms with Crippen molar-refractivity contribution in [1.82, 2.24) is 10.3 Å². The molecule has 1 aromatic carbocycles. The van der Waals surface area contributed by atoms with Gasteiger partial charge in [0, 0.05) is 30.1 Å². The summed E-state index contributed by atoms with van der Waals surface area (Å²) in [6.07, 6.45) is 6.55. The van der Waals surface area contributed by atoms with Crippen molar-refractivity contribution >= 4 is 22.8 Å². The first-order valence-electron chi connectivity index (χ1n) is 8.01. The summed E-state index contributed by atoms with van der Waals surface area (Å²) in [6, 6.07) is 9.29. The number of hydrogen-bond donors (Lipinski definition) is 2. The van der Waals surface area contributed by atoms with Gasteiger partial charge in [0.2, 0.25) is 0 Å². The summed E-state index contributed by atoms with van der Waals surface area (Å²) >= 11 is 0. The van der Waals surface area contributed by atoms with Crippen LogP contribution in [0.4, 0.5) is 0 Å². The lowest BCUT2D eigenvalue weighted by Gasteiger charge is -2.06. The highest BCUT2D eigenvalue weighted by molar-refractivity contribution is 5.97. The van der Waals surface area contributed by atoms with E-state index in [9.17, 15) is 9.59 Å². The van der Waals surface area contributed by atoms with Crippen LogP contribution in [-0.2, 0) is 4.79 Å². The van der Waals surface area contributed by atoms with Gasteiger partial charge in [-0.2, -0.15) is 0 Å². The predicted molar refractivity (Wildman–Crippen MR) is 89.4 cm³/mol. The van der Waals surface area contributed by atoms with E-state index in [4.69, 9.17) is 5.11 Å². The Labute approximate surface area is 135 Å². The largest absolute Gasteiger partial charge is 0.481 e. The average molecular weight is 314 g/mol. The van der Waals surface area contributed by atoms with Gasteiger partial charge in [0.1, 0.15) is 0 Å². The molecule has 0 atom stereocenters. The Morgan fingerprint density at radius 3 is 2.65 bits per heavy atom. The van der Waals surface area contributed by atoms with Gasteiger partial charge in [-0.05, 0) is 37.1 Å². The monoisotopic (exact) mass is 314 g/mol. The van der Waals surface area contributed by atoms with Gasteiger partial charge in [-0.3, -0.25) is 14.6 Å². The van der Waals surface area contributed by atoms with E-state index in [-0.39, 0.29) is 12.3 Å². The Morgan fingerprint density at radius 2 is 1.83 bits per heavy atom. The number of pyridine rings is 1. The number of unbranched alkanes of at least 4 members (excludes halogenated alkanes) is 4. The molecule has 0 saturated carbocycles. The maximum atomic E-state index is 12.1. The van der Waals surface area contributed by atoms with E-state index >= 15 is 0 Å². The number of aromatic nitrogens is 1. The fraction of sp³-hybridized carbons (Fsp3) is 0.389. The van der Waals surface area contributed by atoms with E-state index < -0.39 is 5.97 Å². The fourth-order valence-corrected chi connectivity index (χ4v) is 2.45. The van der Waals surface area contributed by atoms with Gasteiger partial charge >= 0.3 is 5.97 Å². The number of hydrogen-bond acceptors (Lipinski definition) is 3. The number of benzene rings is 1. The van der Waals surface area contributed by atoms with Crippen LogP contribution in [0.25, 0.3) is 10.9 Å². The first-order valence-corrected chi connectivity index (χ1v) is 8.01. The van der Waals surface area contributed by atoms with Crippen molar-refractivity contribution < 1.29 is 14.7 Å². The van der Waals surface area contributed by atoms with Crippen molar-refractivity contribution in [3.05, 3.63) is 42.1 Å². The molecule has 1 aromatic heterocycles. The van der Waals surface area contributed by atoms with Crippen LogP contribution >= 0.6 is 0 Å². The summed E-state index contributed by atoms with van der Waals surface area (Å²) in [5.41, 5.74) is 1.53. The zero-order chi connectivity index (χ0) is 16.5. The Bertz CT molecular complexity index is 670. The topological polar surface area (TPSA) is 79.3 Å². The normalized spacial score (nSPS) is 10.6. The molecule has 5 nitrogen and oxygen atoms in total. The van der Waals surface area contributed by atoms with Crippen LogP contribution in [0.3, 0.4) is 0 Å². The van der Waals surface area contributed by atoms with Gasteiger partial charge in [0.15, 0.2) is 0 Å². The van der Waals surface area contributed by atoms with Crippen LogP contribution in [0.2, 0.25) is 0 Å². The zero-order valence-electron chi connectivity index (χ0n) is 13.1. The summed E-state index contributed by atoms with van der Waals surface area (Å²) < 4.78 is 0. The van der Waals surface area contributed by atoms with E-state index in [1.807, 2.05) is 24.3 Å². The van der Waals surface area contributed by atoms with E-state index in [2.05, 4.69) is 10.3 Å². The summed E-state index contributed by atoms with van der Waals surface area (Å²) in [5, 5.41) is 12.4. The van der Waals surface area contributed by atoms with E-state index in [1.54, 1.807) is 12.3 Å². The van der Waals surface area contributed by atoms with Crippen LogP contribution in [0.1, 0.15) is 48.9 Å². The minimum atomic E-state index is -0.733. The van der Waals surface area contributed by atoms with Crippen molar-refractivity contribution in [2.75, 3.05) is 6.54 Å². The average Bonchev–Trinajstić information content (AvgIpc) is 2.56.